The average molecular weight is 857 g/mol. The van der Waals surface area contributed by atoms with Gasteiger partial charge in [0.1, 0.15) is 16.8 Å². The van der Waals surface area contributed by atoms with E-state index in [-0.39, 0.29) is 31.1 Å². The van der Waals surface area contributed by atoms with Gasteiger partial charge in [-0.3, -0.25) is 29.4 Å². The molecular weight excluding hydrogens is 805 g/mol. The number of nitrogens with zero attached hydrogens (tertiary/aromatic N) is 8. The Kier molecular flexibility index (Phi) is 19.3. The second-order valence-electron chi connectivity index (χ2n) is 14.3. The van der Waals surface area contributed by atoms with E-state index in [9.17, 15) is 29.7 Å². The highest BCUT2D eigenvalue weighted by Gasteiger charge is 2.18. The molecule has 3 N–H and O–H groups in total. The zero-order valence-electron chi connectivity index (χ0n) is 34.0. The molecule has 17 nitrogen and oxygen atoms in total. The van der Waals surface area contributed by atoms with E-state index in [0.717, 1.165) is 27.9 Å². The van der Waals surface area contributed by atoms with Gasteiger partial charge < -0.3 is 29.5 Å². The Morgan fingerprint density at radius 2 is 1.25 bits per heavy atom. The molecular formula is C43H52N8O9S. The number of ether oxygens (including phenoxy) is 3. The van der Waals surface area contributed by atoms with Crippen LogP contribution in [0.2, 0.25) is 0 Å². The molecule has 4 aromatic rings. The van der Waals surface area contributed by atoms with Gasteiger partial charge in [-0.05, 0) is 53.7 Å². The summed E-state index contributed by atoms with van der Waals surface area (Å²) in [6.45, 7) is 6.85. The molecule has 0 radical (unpaired) electrons. The van der Waals surface area contributed by atoms with Crippen LogP contribution < -0.4 is 4.74 Å². The van der Waals surface area contributed by atoms with Crippen LogP contribution in [-0.2, 0) is 40.3 Å². The van der Waals surface area contributed by atoms with Gasteiger partial charge in [0.25, 0.3) is 0 Å². The van der Waals surface area contributed by atoms with Crippen molar-refractivity contribution in [3.8, 4) is 11.2 Å². The monoisotopic (exact) mass is 856 g/mol. The van der Waals surface area contributed by atoms with Crippen LogP contribution in [0.4, 0.5) is 0 Å². The van der Waals surface area contributed by atoms with Gasteiger partial charge in [0.05, 0.1) is 56.7 Å². The van der Waals surface area contributed by atoms with E-state index in [2.05, 4.69) is 35.1 Å². The van der Waals surface area contributed by atoms with Crippen LogP contribution in [0.15, 0.2) is 83.9 Å². The van der Waals surface area contributed by atoms with Crippen molar-refractivity contribution in [1.82, 2.24) is 34.6 Å². The van der Waals surface area contributed by atoms with E-state index in [0.29, 0.717) is 115 Å². The van der Waals surface area contributed by atoms with E-state index in [1.807, 2.05) is 42.5 Å². The Balaban J connectivity index is 1.28. The van der Waals surface area contributed by atoms with Crippen molar-refractivity contribution in [2.45, 2.75) is 31.0 Å². The molecule has 0 saturated carbocycles. The van der Waals surface area contributed by atoms with Gasteiger partial charge in [-0.2, -0.15) is 5.26 Å². The number of aromatic carboxylic acids is 2. The van der Waals surface area contributed by atoms with Gasteiger partial charge in [0.2, 0.25) is 0 Å². The van der Waals surface area contributed by atoms with Crippen LogP contribution in [0.3, 0.4) is 0 Å². The summed E-state index contributed by atoms with van der Waals surface area (Å²) in [7, 11) is 0. The minimum atomic E-state index is -1.18. The van der Waals surface area contributed by atoms with Crippen molar-refractivity contribution in [3.63, 3.8) is 0 Å². The van der Waals surface area contributed by atoms with Crippen molar-refractivity contribution in [2.24, 2.45) is 0 Å². The first-order valence-corrected chi connectivity index (χ1v) is 20.8. The Morgan fingerprint density at radius 1 is 0.672 bits per heavy atom. The Morgan fingerprint density at radius 3 is 1.84 bits per heavy atom. The highest BCUT2D eigenvalue weighted by molar-refractivity contribution is 8.03. The number of aliphatic carboxylic acids is 1. The molecule has 0 aliphatic carbocycles. The summed E-state index contributed by atoms with van der Waals surface area (Å²) in [5.74, 6) is -2.87. The minimum absolute atomic E-state index is 0.0207. The largest absolute Gasteiger partial charge is 0.493 e. The Hall–Kier alpha value is -5.52. The van der Waals surface area contributed by atoms with Crippen LogP contribution in [0.25, 0.3) is 0 Å². The van der Waals surface area contributed by atoms with E-state index in [1.54, 1.807) is 29.3 Å². The highest BCUT2D eigenvalue weighted by Crippen LogP contribution is 2.19. The third-order valence-electron chi connectivity index (χ3n) is 9.76. The fourth-order valence-corrected chi connectivity index (χ4v) is 6.96. The fourth-order valence-electron chi connectivity index (χ4n) is 6.58. The number of thiocyanates is 1. The van der Waals surface area contributed by atoms with Crippen molar-refractivity contribution in [3.05, 3.63) is 113 Å². The number of benzene rings is 1. The normalized spacial score (nSPS) is 16.2. The molecule has 1 aliphatic heterocycles. The second kappa shape index (κ2) is 25.3. The number of nitriles is 1. The predicted molar refractivity (Wildman–Crippen MR) is 225 cm³/mol. The Bertz CT molecular complexity index is 2040. The Labute approximate surface area is 359 Å². The number of rotatable bonds is 15. The number of hydrogen-bond donors (Lipinski definition) is 3. The number of carboxylic acids is 3. The van der Waals surface area contributed by atoms with Gasteiger partial charge in [-0.15, -0.1) is 0 Å². The third kappa shape index (κ3) is 17.2. The summed E-state index contributed by atoms with van der Waals surface area (Å²) in [6, 6.07) is 21.5. The molecule has 4 heterocycles. The summed E-state index contributed by atoms with van der Waals surface area (Å²) in [5, 5.41) is 40.1. The number of carbonyl (C=O) groups is 3. The lowest BCUT2D eigenvalue weighted by atomic mass is 10.2. The molecule has 5 rings (SSSR count). The molecule has 0 amide bonds. The number of hydrogen-bond acceptors (Lipinski definition) is 15. The zero-order valence-corrected chi connectivity index (χ0v) is 34.8. The standard InChI is InChI=1S/C43H52N8O9S/c44-32-61-38-9-7-33(8-10-38)11-21-60-37-26-36(47-40(27-37)43(56)57)30-50-15-16-51(31-41(52)53)20-25-59-23-18-49(29-35-5-3-6-39(46-35)42(54)55)14-13-48(17-22-58-24-19-50)28-34-4-1-2-12-45-34/h1-10,12,26-27H,11,13-25,28-31H2,(H,52,53)(H,54,55)(H,56,57). The zero-order chi connectivity index (χ0) is 43.2. The van der Waals surface area contributed by atoms with Crippen LogP contribution in [-0.4, -0.2) is 160 Å². The maximum absolute atomic E-state index is 12.1. The highest BCUT2D eigenvalue weighted by atomic mass is 32.2. The number of pyridine rings is 3. The van der Waals surface area contributed by atoms with E-state index < -0.39 is 17.9 Å². The van der Waals surface area contributed by atoms with Gasteiger partial charge >= 0.3 is 17.9 Å². The first kappa shape index (κ1) is 46.5. The molecule has 0 spiro atoms. The second-order valence-corrected chi connectivity index (χ2v) is 15.1. The average Bonchev–Trinajstić information content (AvgIpc) is 3.24. The molecule has 324 valence electrons. The third-order valence-corrected chi connectivity index (χ3v) is 10.4. The molecule has 1 fully saturated rings. The first-order chi connectivity index (χ1) is 29.6. The van der Waals surface area contributed by atoms with Crippen molar-refractivity contribution in [2.75, 3.05) is 91.9 Å². The fraction of sp³-hybridized carbons (Fsp3) is 0.419. The van der Waals surface area contributed by atoms with E-state index >= 15 is 0 Å². The molecule has 0 unspecified atom stereocenters. The number of aromatic nitrogens is 3. The topological polar surface area (TPSA) is 215 Å². The summed E-state index contributed by atoms with van der Waals surface area (Å²) in [6.07, 6.45) is 2.34. The van der Waals surface area contributed by atoms with Gasteiger partial charge in [0, 0.05) is 102 Å². The summed E-state index contributed by atoms with van der Waals surface area (Å²) >= 11 is 1.09. The van der Waals surface area contributed by atoms with Crippen LogP contribution in [0.1, 0.15) is 43.6 Å². The van der Waals surface area contributed by atoms with Crippen LogP contribution in [0, 0.1) is 10.7 Å². The van der Waals surface area contributed by atoms with E-state index in [4.69, 9.17) is 19.5 Å². The predicted octanol–water partition coefficient (Wildman–Crippen LogP) is 3.70. The van der Waals surface area contributed by atoms with Gasteiger partial charge in [-0.25, -0.2) is 19.6 Å². The molecule has 1 aliphatic rings. The molecule has 1 aromatic carbocycles. The lowest BCUT2D eigenvalue weighted by Crippen LogP contribution is -2.41. The van der Waals surface area contributed by atoms with Crippen molar-refractivity contribution in [1.29, 1.82) is 5.26 Å². The maximum atomic E-state index is 12.1. The van der Waals surface area contributed by atoms with Crippen molar-refractivity contribution < 1.29 is 43.9 Å². The number of thioether (sulfide) groups is 1. The number of carboxylic acid groups (broad SMARTS) is 3. The van der Waals surface area contributed by atoms with Crippen LogP contribution in [0.5, 0.6) is 5.75 Å². The molecule has 61 heavy (non-hydrogen) atoms. The molecule has 1 saturated heterocycles. The quantitative estimate of drug-likeness (QED) is 0.115. The van der Waals surface area contributed by atoms with Crippen molar-refractivity contribution >= 4 is 29.7 Å². The summed E-state index contributed by atoms with van der Waals surface area (Å²) in [5.41, 5.74) is 2.87. The first-order valence-electron chi connectivity index (χ1n) is 20.0. The van der Waals surface area contributed by atoms with E-state index in [1.165, 1.54) is 12.1 Å². The van der Waals surface area contributed by atoms with Crippen LogP contribution >= 0.6 is 11.8 Å². The minimum Gasteiger partial charge on any atom is -0.493 e. The molecule has 3 aromatic heterocycles. The summed E-state index contributed by atoms with van der Waals surface area (Å²) in [4.78, 5) is 58.0. The molecule has 0 bridgehead atoms. The maximum Gasteiger partial charge on any atom is 0.354 e. The van der Waals surface area contributed by atoms with Gasteiger partial charge in [0.15, 0.2) is 5.69 Å². The molecule has 0 atom stereocenters. The lowest BCUT2D eigenvalue weighted by molar-refractivity contribution is -0.138. The smallest absolute Gasteiger partial charge is 0.354 e. The SMILES string of the molecule is N#CSc1ccc(CCOc2cc(CN3CCOCCN(Cc4ccccn4)CCN(Cc4cccc(C(=O)O)n4)CCOCCN(CC(=O)O)CC3)nc(C(=O)O)c2)cc1. The summed E-state index contributed by atoms with van der Waals surface area (Å²) < 4.78 is 18.3. The molecule has 18 heteroatoms. The lowest BCUT2D eigenvalue weighted by Gasteiger charge is -2.29. The van der Waals surface area contributed by atoms with Gasteiger partial charge in [-0.1, -0.05) is 24.3 Å².